The minimum atomic E-state index is -0.828. The number of hydrogen-bond acceptors (Lipinski definition) is 5. The monoisotopic (exact) mass is 321 g/mol. The highest BCUT2D eigenvalue weighted by atomic mass is 16.5. The standard InChI is InChI=1S/C17H27N3O3/c1-17(2,18)16(22)20-10-8-19(9-11-20)12-14(21)13-23-15-6-4-3-5-7-15/h3-7,14,21H,8-13,18H2,1-2H3. The molecule has 1 fully saturated rings. The predicted molar refractivity (Wildman–Crippen MR) is 89.2 cm³/mol. The average molecular weight is 321 g/mol. The SMILES string of the molecule is CC(C)(N)C(=O)N1CCN(CC(O)COc2ccccc2)CC1. The number of hydrogen-bond donors (Lipinski definition) is 2. The number of rotatable bonds is 6. The molecule has 0 aromatic heterocycles. The highest BCUT2D eigenvalue weighted by Crippen LogP contribution is 2.11. The van der Waals surface area contributed by atoms with Crippen molar-refractivity contribution in [2.75, 3.05) is 39.3 Å². The molecule has 1 saturated heterocycles. The van der Waals surface area contributed by atoms with Crippen molar-refractivity contribution in [2.24, 2.45) is 5.73 Å². The third kappa shape index (κ3) is 5.49. The number of carbonyl (C=O) groups excluding carboxylic acids is 1. The lowest BCUT2D eigenvalue weighted by Crippen LogP contribution is -2.57. The van der Waals surface area contributed by atoms with E-state index in [1.165, 1.54) is 0 Å². The smallest absolute Gasteiger partial charge is 0.242 e. The van der Waals surface area contributed by atoms with E-state index in [0.29, 0.717) is 19.6 Å². The summed E-state index contributed by atoms with van der Waals surface area (Å²) in [5.74, 6) is 0.734. The van der Waals surface area contributed by atoms with Crippen LogP contribution in [0.3, 0.4) is 0 Å². The Bertz CT molecular complexity index is 494. The minimum Gasteiger partial charge on any atom is -0.491 e. The summed E-state index contributed by atoms with van der Waals surface area (Å²) in [6.07, 6.45) is -0.552. The molecule has 0 aliphatic carbocycles. The van der Waals surface area contributed by atoms with Crippen LogP contribution in [-0.4, -0.2) is 71.8 Å². The van der Waals surface area contributed by atoms with Gasteiger partial charge in [-0.1, -0.05) is 18.2 Å². The Hall–Kier alpha value is -1.63. The van der Waals surface area contributed by atoms with Crippen LogP contribution >= 0.6 is 0 Å². The molecule has 1 aromatic rings. The number of aliphatic hydroxyl groups is 1. The van der Waals surface area contributed by atoms with Gasteiger partial charge in [0.1, 0.15) is 18.5 Å². The number of piperazine rings is 1. The van der Waals surface area contributed by atoms with Gasteiger partial charge in [-0.15, -0.1) is 0 Å². The maximum atomic E-state index is 12.1. The summed E-state index contributed by atoms with van der Waals surface area (Å²) in [7, 11) is 0. The van der Waals surface area contributed by atoms with E-state index < -0.39 is 11.6 Å². The summed E-state index contributed by atoms with van der Waals surface area (Å²) in [5.41, 5.74) is 5.03. The van der Waals surface area contributed by atoms with Crippen LogP contribution in [0.1, 0.15) is 13.8 Å². The van der Waals surface area contributed by atoms with Gasteiger partial charge in [-0.3, -0.25) is 9.69 Å². The number of ether oxygens (including phenoxy) is 1. The van der Waals surface area contributed by atoms with Gasteiger partial charge in [-0.05, 0) is 26.0 Å². The molecule has 0 bridgehead atoms. The van der Waals surface area contributed by atoms with Crippen LogP contribution in [0.5, 0.6) is 5.75 Å². The van der Waals surface area contributed by atoms with Gasteiger partial charge in [-0.25, -0.2) is 0 Å². The second kappa shape index (κ2) is 7.77. The van der Waals surface area contributed by atoms with E-state index in [-0.39, 0.29) is 12.5 Å². The first kappa shape index (κ1) is 17.7. The summed E-state index contributed by atoms with van der Waals surface area (Å²) < 4.78 is 5.56. The second-order valence-corrected chi connectivity index (χ2v) is 6.59. The van der Waals surface area contributed by atoms with Crippen molar-refractivity contribution >= 4 is 5.91 Å². The van der Waals surface area contributed by atoms with E-state index in [2.05, 4.69) is 4.90 Å². The summed E-state index contributed by atoms with van der Waals surface area (Å²) in [5, 5.41) is 10.1. The van der Waals surface area contributed by atoms with Gasteiger partial charge in [-0.2, -0.15) is 0 Å². The zero-order valence-electron chi connectivity index (χ0n) is 13.9. The molecular weight excluding hydrogens is 294 g/mol. The van der Waals surface area contributed by atoms with E-state index >= 15 is 0 Å². The zero-order valence-corrected chi connectivity index (χ0v) is 13.9. The van der Waals surface area contributed by atoms with E-state index in [0.717, 1.165) is 18.8 Å². The van der Waals surface area contributed by atoms with Crippen LogP contribution < -0.4 is 10.5 Å². The molecule has 0 spiro atoms. The van der Waals surface area contributed by atoms with Crippen molar-refractivity contribution in [3.8, 4) is 5.75 Å². The topological polar surface area (TPSA) is 79.0 Å². The number of carbonyl (C=O) groups is 1. The van der Waals surface area contributed by atoms with Gasteiger partial charge in [0.15, 0.2) is 0 Å². The molecule has 6 nitrogen and oxygen atoms in total. The van der Waals surface area contributed by atoms with Gasteiger partial charge >= 0.3 is 0 Å². The van der Waals surface area contributed by atoms with Crippen LogP contribution in [0.15, 0.2) is 30.3 Å². The molecule has 23 heavy (non-hydrogen) atoms. The molecular formula is C17H27N3O3. The lowest BCUT2D eigenvalue weighted by Gasteiger charge is -2.38. The van der Waals surface area contributed by atoms with Crippen molar-refractivity contribution < 1.29 is 14.6 Å². The van der Waals surface area contributed by atoms with E-state index in [1.54, 1.807) is 18.7 Å². The molecule has 1 aromatic carbocycles. The van der Waals surface area contributed by atoms with Crippen LogP contribution in [-0.2, 0) is 4.79 Å². The number of nitrogens with zero attached hydrogens (tertiary/aromatic N) is 2. The molecule has 1 unspecified atom stereocenters. The van der Waals surface area contributed by atoms with Crippen molar-refractivity contribution in [3.05, 3.63) is 30.3 Å². The fraction of sp³-hybridized carbons (Fsp3) is 0.588. The lowest BCUT2D eigenvalue weighted by atomic mass is 10.0. The summed E-state index contributed by atoms with van der Waals surface area (Å²) in [6, 6.07) is 9.46. The molecule has 1 aliphatic heterocycles. The maximum Gasteiger partial charge on any atom is 0.242 e. The molecule has 6 heteroatoms. The summed E-state index contributed by atoms with van der Waals surface area (Å²) in [4.78, 5) is 16.1. The van der Waals surface area contributed by atoms with Crippen molar-refractivity contribution in [2.45, 2.75) is 25.5 Å². The lowest BCUT2D eigenvalue weighted by molar-refractivity contribution is -0.137. The summed E-state index contributed by atoms with van der Waals surface area (Å²) >= 11 is 0. The minimum absolute atomic E-state index is 0.0230. The Morgan fingerprint density at radius 1 is 1.26 bits per heavy atom. The highest BCUT2D eigenvalue weighted by molar-refractivity contribution is 5.85. The van der Waals surface area contributed by atoms with Gasteiger partial charge in [0, 0.05) is 32.7 Å². The molecule has 1 heterocycles. The first-order chi connectivity index (χ1) is 10.9. The zero-order chi connectivity index (χ0) is 16.9. The Balaban J connectivity index is 1.70. The van der Waals surface area contributed by atoms with Crippen molar-refractivity contribution in [3.63, 3.8) is 0 Å². The van der Waals surface area contributed by atoms with Crippen LogP contribution in [0, 0.1) is 0 Å². The number of para-hydroxylation sites is 1. The van der Waals surface area contributed by atoms with Gasteiger partial charge in [0.2, 0.25) is 5.91 Å². The predicted octanol–water partition coefficient (Wildman–Crippen LogP) is 0.308. The fourth-order valence-corrected chi connectivity index (χ4v) is 2.60. The van der Waals surface area contributed by atoms with Crippen LogP contribution in [0.2, 0.25) is 0 Å². The highest BCUT2D eigenvalue weighted by Gasteiger charge is 2.30. The van der Waals surface area contributed by atoms with Crippen LogP contribution in [0.4, 0.5) is 0 Å². The second-order valence-electron chi connectivity index (χ2n) is 6.59. The first-order valence-corrected chi connectivity index (χ1v) is 8.03. The number of β-amino-alcohol motifs (C(OH)–C–C–N with tert-alkyl or cyclic N) is 1. The Labute approximate surface area is 137 Å². The molecule has 1 amide bonds. The Morgan fingerprint density at radius 2 is 1.87 bits per heavy atom. The van der Waals surface area contributed by atoms with Crippen molar-refractivity contribution in [1.82, 2.24) is 9.80 Å². The molecule has 1 atom stereocenters. The van der Waals surface area contributed by atoms with Gasteiger partial charge < -0.3 is 20.5 Å². The summed E-state index contributed by atoms with van der Waals surface area (Å²) in [6.45, 7) is 7.03. The van der Waals surface area contributed by atoms with Crippen LogP contribution in [0.25, 0.3) is 0 Å². The molecule has 0 saturated carbocycles. The van der Waals surface area contributed by atoms with E-state index in [9.17, 15) is 9.90 Å². The van der Waals surface area contributed by atoms with Gasteiger partial charge in [0.25, 0.3) is 0 Å². The third-order valence-electron chi connectivity index (χ3n) is 3.87. The molecule has 3 N–H and O–H groups in total. The number of amides is 1. The quantitative estimate of drug-likeness (QED) is 0.788. The average Bonchev–Trinajstić information content (AvgIpc) is 2.53. The Morgan fingerprint density at radius 3 is 2.43 bits per heavy atom. The number of aliphatic hydroxyl groups excluding tert-OH is 1. The van der Waals surface area contributed by atoms with E-state index in [4.69, 9.17) is 10.5 Å². The van der Waals surface area contributed by atoms with E-state index in [1.807, 2.05) is 30.3 Å². The number of nitrogens with two attached hydrogens (primary N) is 1. The fourth-order valence-electron chi connectivity index (χ4n) is 2.60. The maximum absolute atomic E-state index is 12.1. The van der Waals surface area contributed by atoms with Gasteiger partial charge in [0.05, 0.1) is 5.54 Å². The van der Waals surface area contributed by atoms with Crippen molar-refractivity contribution in [1.29, 1.82) is 0 Å². The molecule has 2 rings (SSSR count). The normalized spacial score (nSPS) is 17.8. The largest absolute Gasteiger partial charge is 0.491 e. The molecule has 1 aliphatic rings. The third-order valence-corrected chi connectivity index (χ3v) is 3.87. The Kier molecular flexibility index (Phi) is 5.98. The molecule has 0 radical (unpaired) electrons. The first-order valence-electron chi connectivity index (χ1n) is 8.03. The number of benzene rings is 1. The molecule has 128 valence electrons.